The summed E-state index contributed by atoms with van der Waals surface area (Å²) in [5.41, 5.74) is 4.46. The molecule has 1 heterocycles. The largest absolute Gasteiger partial charge is 0.493 e. The maximum absolute atomic E-state index is 5.86. The van der Waals surface area contributed by atoms with Gasteiger partial charge in [0.2, 0.25) is 0 Å². The van der Waals surface area contributed by atoms with Gasteiger partial charge in [-0.15, -0.1) is 0 Å². The van der Waals surface area contributed by atoms with Gasteiger partial charge in [0.25, 0.3) is 0 Å². The summed E-state index contributed by atoms with van der Waals surface area (Å²) in [5, 5.41) is 4.30. The number of nitrogens with one attached hydrogen (secondary N) is 1. The summed E-state index contributed by atoms with van der Waals surface area (Å²) in [4.78, 5) is 0. The molecule has 1 fully saturated rings. The molecular formula is C16H30N4O. The molecule has 1 aromatic rings. The smallest absolute Gasteiger partial charge is 0.161 e. The number of methoxy groups -OCH3 is 1. The Balaban J connectivity index is 2.11. The van der Waals surface area contributed by atoms with Crippen LogP contribution >= 0.6 is 0 Å². The summed E-state index contributed by atoms with van der Waals surface area (Å²) in [7, 11) is 3.63. The minimum absolute atomic E-state index is 0.105. The van der Waals surface area contributed by atoms with Gasteiger partial charge < -0.3 is 4.74 Å². The molecule has 0 aliphatic heterocycles. The SMILES string of the molecule is COc1cnn(C)c1C(NN)C1CCC(C(C)(C)C)CC1. The first-order valence-electron chi connectivity index (χ1n) is 7.90. The molecule has 3 N–H and O–H groups in total. The topological polar surface area (TPSA) is 65.1 Å². The van der Waals surface area contributed by atoms with Gasteiger partial charge in [0.15, 0.2) is 5.75 Å². The normalized spacial score (nSPS) is 24.9. The average Bonchev–Trinajstić information content (AvgIpc) is 2.81. The van der Waals surface area contributed by atoms with Crippen LogP contribution in [0, 0.1) is 17.3 Å². The fourth-order valence-corrected chi connectivity index (χ4v) is 3.70. The van der Waals surface area contributed by atoms with Crippen molar-refractivity contribution in [2.24, 2.45) is 30.1 Å². The predicted octanol–water partition coefficient (Wildman–Crippen LogP) is 2.79. The van der Waals surface area contributed by atoms with Crippen LogP contribution in [0.25, 0.3) is 0 Å². The molecule has 21 heavy (non-hydrogen) atoms. The number of nitrogens with two attached hydrogens (primary N) is 1. The highest BCUT2D eigenvalue weighted by molar-refractivity contribution is 5.28. The number of aromatic nitrogens is 2. The van der Waals surface area contributed by atoms with Gasteiger partial charge in [-0.3, -0.25) is 16.0 Å². The Bertz CT molecular complexity index is 455. The van der Waals surface area contributed by atoms with Gasteiger partial charge in [-0.05, 0) is 42.9 Å². The fraction of sp³-hybridized carbons (Fsp3) is 0.812. The van der Waals surface area contributed by atoms with Crippen molar-refractivity contribution in [3.63, 3.8) is 0 Å². The van der Waals surface area contributed by atoms with E-state index < -0.39 is 0 Å². The monoisotopic (exact) mass is 294 g/mol. The van der Waals surface area contributed by atoms with Gasteiger partial charge in [0.1, 0.15) is 0 Å². The summed E-state index contributed by atoms with van der Waals surface area (Å²) >= 11 is 0. The van der Waals surface area contributed by atoms with Crippen molar-refractivity contribution < 1.29 is 4.74 Å². The van der Waals surface area contributed by atoms with Gasteiger partial charge >= 0.3 is 0 Å². The van der Waals surface area contributed by atoms with E-state index in [1.165, 1.54) is 25.7 Å². The van der Waals surface area contributed by atoms with E-state index in [0.29, 0.717) is 11.3 Å². The minimum atomic E-state index is 0.105. The highest BCUT2D eigenvalue weighted by Gasteiger charge is 2.35. The zero-order valence-corrected chi connectivity index (χ0v) is 14.0. The molecule has 1 aliphatic carbocycles. The van der Waals surface area contributed by atoms with Gasteiger partial charge in [0.05, 0.1) is 25.0 Å². The van der Waals surface area contributed by atoms with Crippen molar-refractivity contribution in [1.29, 1.82) is 0 Å². The third-order valence-electron chi connectivity index (χ3n) is 5.11. The number of aryl methyl sites for hydroxylation is 1. The second kappa shape index (κ2) is 6.36. The lowest BCUT2D eigenvalue weighted by molar-refractivity contribution is 0.130. The second-order valence-corrected chi connectivity index (χ2v) is 7.34. The van der Waals surface area contributed by atoms with Crippen LogP contribution in [0.2, 0.25) is 0 Å². The summed E-state index contributed by atoms with van der Waals surface area (Å²) < 4.78 is 7.31. The summed E-state index contributed by atoms with van der Waals surface area (Å²) in [6, 6.07) is 0.105. The maximum atomic E-state index is 5.86. The molecular weight excluding hydrogens is 264 g/mol. The molecule has 5 heteroatoms. The molecule has 1 aliphatic rings. The molecule has 2 rings (SSSR count). The molecule has 0 saturated heterocycles. The van der Waals surface area contributed by atoms with Crippen LogP contribution in [0.3, 0.4) is 0 Å². The van der Waals surface area contributed by atoms with Crippen molar-refractivity contribution >= 4 is 0 Å². The second-order valence-electron chi connectivity index (χ2n) is 7.34. The zero-order chi connectivity index (χ0) is 15.6. The third-order valence-corrected chi connectivity index (χ3v) is 5.11. The fourth-order valence-electron chi connectivity index (χ4n) is 3.70. The number of hydrogen-bond acceptors (Lipinski definition) is 4. The Labute approximate surface area is 128 Å². The van der Waals surface area contributed by atoms with E-state index in [1.54, 1.807) is 13.3 Å². The quantitative estimate of drug-likeness (QED) is 0.662. The molecule has 0 bridgehead atoms. The Kier molecular flexibility index (Phi) is 4.94. The lowest BCUT2D eigenvalue weighted by Gasteiger charge is -2.39. The molecule has 1 unspecified atom stereocenters. The molecule has 1 atom stereocenters. The van der Waals surface area contributed by atoms with E-state index in [9.17, 15) is 0 Å². The van der Waals surface area contributed by atoms with Crippen molar-refractivity contribution in [3.8, 4) is 5.75 Å². The van der Waals surface area contributed by atoms with E-state index in [0.717, 1.165) is 17.4 Å². The van der Waals surface area contributed by atoms with Crippen molar-refractivity contribution in [3.05, 3.63) is 11.9 Å². The van der Waals surface area contributed by atoms with Gasteiger partial charge in [-0.2, -0.15) is 5.10 Å². The number of rotatable bonds is 4. The lowest BCUT2D eigenvalue weighted by Crippen LogP contribution is -2.38. The van der Waals surface area contributed by atoms with Crippen molar-refractivity contribution in [1.82, 2.24) is 15.2 Å². The first-order chi connectivity index (χ1) is 9.88. The Hall–Kier alpha value is -1.07. The lowest BCUT2D eigenvalue weighted by atomic mass is 9.68. The summed E-state index contributed by atoms with van der Waals surface area (Å²) in [5.74, 6) is 8.02. The first-order valence-corrected chi connectivity index (χ1v) is 7.90. The number of ether oxygens (including phenoxy) is 1. The first kappa shape index (κ1) is 16.3. The van der Waals surface area contributed by atoms with Crippen molar-refractivity contribution in [2.45, 2.75) is 52.5 Å². The van der Waals surface area contributed by atoms with E-state index in [2.05, 4.69) is 31.3 Å². The van der Waals surface area contributed by atoms with Crippen LogP contribution < -0.4 is 16.0 Å². The Morgan fingerprint density at radius 1 is 1.33 bits per heavy atom. The Morgan fingerprint density at radius 2 is 1.95 bits per heavy atom. The van der Waals surface area contributed by atoms with Crippen LogP contribution in [0.5, 0.6) is 5.75 Å². The van der Waals surface area contributed by atoms with Crippen LogP contribution in [-0.2, 0) is 7.05 Å². The zero-order valence-electron chi connectivity index (χ0n) is 14.0. The standard InChI is InChI=1S/C16H30N4O/c1-16(2,3)12-8-6-11(7-9-12)14(19-17)15-13(21-5)10-18-20(15)4/h10-12,14,19H,6-9,17H2,1-5H3. The Morgan fingerprint density at radius 3 is 2.43 bits per heavy atom. The number of hydrazine groups is 1. The van der Waals surface area contributed by atoms with E-state index >= 15 is 0 Å². The number of hydrogen-bond donors (Lipinski definition) is 2. The molecule has 5 nitrogen and oxygen atoms in total. The van der Waals surface area contributed by atoms with Gasteiger partial charge in [0, 0.05) is 7.05 Å². The van der Waals surface area contributed by atoms with Crippen LogP contribution in [0.4, 0.5) is 0 Å². The van der Waals surface area contributed by atoms with E-state index in [-0.39, 0.29) is 6.04 Å². The maximum Gasteiger partial charge on any atom is 0.161 e. The van der Waals surface area contributed by atoms with Crippen LogP contribution in [0.1, 0.15) is 58.2 Å². The number of nitrogens with zero attached hydrogens (tertiary/aromatic N) is 2. The minimum Gasteiger partial charge on any atom is -0.493 e. The predicted molar refractivity (Wildman–Crippen MR) is 84.7 cm³/mol. The molecule has 0 aromatic carbocycles. The highest BCUT2D eigenvalue weighted by atomic mass is 16.5. The molecule has 0 radical (unpaired) electrons. The molecule has 1 saturated carbocycles. The molecule has 0 amide bonds. The average molecular weight is 294 g/mol. The summed E-state index contributed by atoms with van der Waals surface area (Å²) in [6.45, 7) is 7.04. The molecule has 1 aromatic heterocycles. The molecule has 120 valence electrons. The third kappa shape index (κ3) is 3.40. The van der Waals surface area contributed by atoms with Crippen molar-refractivity contribution in [2.75, 3.05) is 7.11 Å². The summed E-state index contributed by atoms with van der Waals surface area (Å²) in [6.07, 6.45) is 6.70. The van der Waals surface area contributed by atoms with Gasteiger partial charge in [-0.25, -0.2) is 0 Å². The van der Waals surface area contributed by atoms with Crippen LogP contribution in [-0.4, -0.2) is 16.9 Å². The highest BCUT2D eigenvalue weighted by Crippen LogP contribution is 2.44. The molecule has 0 spiro atoms. The van der Waals surface area contributed by atoms with Crippen LogP contribution in [0.15, 0.2) is 6.20 Å². The van der Waals surface area contributed by atoms with E-state index in [1.807, 2.05) is 11.7 Å². The van der Waals surface area contributed by atoms with E-state index in [4.69, 9.17) is 10.6 Å². The van der Waals surface area contributed by atoms with Gasteiger partial charge in [-0.1, -0.05) is 20.8 Å².